The standard InChI is InChI=1S/C17H25FO3/c1-5-21-16(19)11-8-13-7-10-15(20-4)17(18)14(13)9-6-12(2)3/h7,10,12H,5-6,8-9,11H2,1-4H3. The highest BCUT2D eigenvalue weighted by molar-refractivity contribution is 5.69. The molecular formula is C17H25FO3. The van der Waals surface area contributed by atoms with Crippen molar-refractivity contribution in [2.45, 2.75) is 46.5 Å². The Bertz CT molecular complexity index is 469. The molecule has 0 spiro atoms. The van der Waals surface area contributed by atoms with Crippen molar-refractivity contribution in [3.8, 4) is 5.75 Å². The van der Waals surface area contributed by atoms with E-state index in [2.05, 4.69) is 13.8 Å². The Morgan fingerprint density at radius 1 is 1.29 bits per heavy atom. The Balaban J connectivity index is 2.90. The van der Waals surface area contributed by atoms with E-state index in [1.165, 1.54) is 7.11 Å². The van der Waals surface area contributed by atoms with E-state index < -0.39 is 0 Å². The lowest BCUT2D eigenvalue weighted by Gasteiger charge is -2.14. The quantitative estimate of drug-likeness (QED) is 0.682. The van der Waals surface area contributed by atoms with Crippen LogP contribution < -0.4 is 4.74 Å². The Hall–Kier alpha value is -1.58. The summed E-state index contributed by atoms with van der Waals surface area (Å²) in [6, 6.07) is 3.46. The second-order valence-corrected chi connectivity index (χ2v) is 5.46. The summed E-state index contributed by atoms with van der Waals surface area (Å²) in [7, 11) is 1.46. The van der Waals surface area contributed by atoms with Crippen molar-refractivity contribution >= 4 is 5.97 Å². The van der Waals surface area contributed by atoms with Gasteiger partial charge >= 0.3 is 5.97 Å². The molecule has 0 amide bonds. The maximum absolute atomic E-state index is 14.4. The Labute approximate surface area is 126 Å². The average molecular weight is 296 g/mol. The average Bonchev–Trinajstić information content (AvgIpc) is 2.44. The van der Waals surface area contributed by atoms with E-state index in [0.29, 0.717) is 30.9 Å². The number of carbonyl (C=O) groups is 1. The molecule has 3 nitrogen and oxygen atoms in total. The van der Waals surface area contributed by atoms with Crippen LogP contribution in [0.2, 0.25) is 0 Å². The fraction of sp³-hybridized carbons (Fsp3) is 0.588. The zero-order valence-electron chi connectivity index (χ0n) is 13.4. The van der Waals surface area contributed by atoms with E-state index in [-0.39, 0.29) is 24.0 Å². The van der Waals surface area contributed by atoms with Gasteiger partial charge in [0.1, 0.15) is 0 Å². The molecular weight excluding hydrogens is 271 g/mol. The summed E-state index contributed by atoms with van der Waals surface area (Å²) in [4.78, 5) is 11.5. The van der Waals surface area contributed by atoms with Crippen molar-refractivity contribution in [1.82, 2.24) is 0 Å². The number of carbonyl (C=O) groups excluding carboxylic acids is 1. The topological polar surface area (TPSA) is 35.5 Å². The van der Waals surface area contributed by atoms with Gasteiger partial charge in [-0.2, -0.15) is 0 Å². The van der Waals surface area contributed by atoms with E-state index in [1.807, 2.05) is 6.07 Å². The molecule has 0 aromatic heterocycles. The molecule has 0 aliphatic rings. The first-order valence-corrected chi connectivity index (χ1v) is 7.49. The Morgan fingerprint density at radius 2 is 2.00 bits per heavy atom. The highest BCUT2D eigenvalue weighted by Gasteiger charge is 2.15. The molecule has 4 heteroatoms. The minimum Gasteiger partial charge on any atom is -0.494 e. The maximum Gasteiger partial charge on any atom is 0.306 e. The fourth-order valence-corrected chi connectivity index (χ4v) is 2.20. The van der Waals surface area contributed by atoms with Crippen LogP contribution in [0.3, 0.4) is 0 Å². The molecule has 0 aliphatic heterocycles. The van der Waals surface area contributed by atoms with Crippen LogP contribution in [-0.2, 0) is 22.4 Å². The third-order valence-corrected chi connectivity index (χ3v) is 3.40. The Kier molecular flexibility index (Phi) is 7.20. The van der Waals surface area contributed by atoms with Gasteiger partial charge in [0.15, 0.2) is 11.6 Å². The smallest absolute Gasteiger partial charge is 0.306 e. The van der Waals surface area contributed by atoms with Gasteiger partial charge in [-0.3, -0.25) is 4.79 Å². The van der Waals surface area contributed by atoms with Crippen LogP contribution in [0.15, 0.2) is 12.1 Å². The molecule has 0 saturated heterocycles. The van der Waals surface area contributed by atoms with Gasteiger partial charge in [-0.1, -0.05) is 19.9 Å². The number of rotatable bonds is 8. The number of benzene rings is 1. The minimum atomic E-state index is -0.306. The summed E-state index contributed by atoms with van der Waals surface area (Å²) in [5.41, 5.74) is 1.52. The molecule has 1 rings (SSSR count). The second kappa shape index (κ2) is 8.65. The van der Waals surface area contributed by atoms with E-state index in [4.69, 9.17) is 9.47 Å². The molecule has 0 saturated carbocycles. The minimum absolute atomic E-state index is 0.247. The number of aryl methyl sites for hydroxylation is 1. The molecule has 118 valence electrons. The summed E-state index contributed by atoms with van der Waals surface area (Å²) in [5.74, 6) is 0.199. The zero-order valence-corrected chi connectivity index (χ0v) is 13.4. The van der Waals surface area contributed by atoms with Gasteiger partial charge in [-0.15, -0.1) is 0 Å². The molecule has 0 fully saturated rings. The molecule has 0 N–H and O–H groups in total. The normalized spacial score (nSPS) is 10.8. The number of ether oxygens (including phenoxy) is 2. The zero-order chi connectivity index (χ0) is 15.8. The maximum atomic E-state index is 14.4. The predicted molar refractivity (Wildman–Crippen MR) is 81.1 cm³/mol. The Morgan fingerprint density at radius 3 is 2.57 bits per heavy atom. The molecule has 0 atom stereocenters. The summed E-state index contributed by atoms with van der Waals surface area (Å²) in [6.07, 6.45) is 2.32. The van der Waals surface area contributed by atoms with Crippen LogP contribution in [-0.4, -0.2) is 19.7 Å². The van der Waals surface area contributed by atoms with Crippen molar-refractivity contribution in [2.24, 2.45) is 5.92 Å². The van der Waals surface area contributed by atoms with Gasteiger partial charge in [0, 0.05) is 6.42 Å². The molecule has 1 aromatic rings. The van der Waals surface area contributed by atoms with Crippen LogP contribution in [0, 0.1) is 11.7 Å². The second-order valence-electron chi connectivity index (χ2n) is 5.46. The number of hydrogen-bond acceptors (Lipinski definition) is 3. The molecule has 0 unspecified atom stereocenters. The summed E-state index contributed by atoms with van der Waals surface area (Å²) < 4.78 is 24.4. The van der Waals surface area contributed by atoms with Crippen molar-refractivity contribution in [1.29, 1.82) is 0 Å². The van der Waals surface area contributed by atoms with Crippen LogP contribution in [0.5, 0.6) is 5.75 Å². The van der Waals surface area contributed by atoms with Gasteiger partial charge in [-0.25, -0.2) is 4.39 Å². The highest BCUT2D eigenvalue weighted by atomic mass is 19.1. The van der Waals surface area contributed by atoms with Crippen LogP contribution in [0.4, 0.5) is 4.39 Å². The van der Waals surface area contributed by atoms with Gasteiger partial charge in [0.2, 0.25) is 0 Å². The third kappa shape index (κ3) is 5.37. The number of hydrogen-bond donors (Lipinski definition) is 0. The lowest BCUT2D eigenvalue weighted by Crippen LogP contribution is -2.08. The first kappa shape index (κ1) is 17.5. The lowest BCUT2D eigenvalue weighted by molar-refractivity contribution is -0.143. The van der Waals surface area contributed by atoms with Crippen LogP contribution in [0.1, 0.15) is 44.7 Å². The van der Waals surface area contributed by atoms with E-state index in [1.54, 1.807) is 13.0 Å². The molecule has 0 heterocycles. The largest absolute Gasteiger partial charge is 0.494 e. The van der Waals surface area contributed by atoms with E-state index in [9.17, 15) is 9.18 Å². The van der Waals surface area contributed by atoms with E-state index >= 15 is 0 Å². The lowest BCUT2D eigenvalue weighted by atomic mass is 9.95. The van der Waals surface area contributed by atoms with E-state index in [0.717, 1.165) is 12.0 Å². The van der Waals surface area contributed by atoms with Crippen LogP contribution in [0.25, 0.3) is 0 Å². The van der Waals surface area contributed by atoms with Crippen molar-refractivity contribution < 1.29 is 18.7 Å². The molecule has 21 heavy (non-hydrogen) atoms. The summed E-state index contributed by atoms with van der Waals surface area (Å²) >= 11 is 0. The van der Waals surface area contributed by atoms with Gasteiger partial charge in [0.05, 0.1) is 13.7 Å². The van der Waals surface area contributed by atoms with Crippen molar-refractivity contribution in [2.75, 3.05) is 13.7 Å². The van der Waals surface area contributed by atoms with Gasteiger partial charge in [-0.05, 0) is 49.3 Å². The highest BCUT2D eigenvalue weighted by Crippen LogP contribution is 2.27. The number of methoxy groups -OCH3 is 1. The summed E-state index contributed by atoms with van der Waals surface area (Å²) in [6.45, 7) is 6.36. The van der Waals surface area contributed by atoms with Crippen molar-refractivity contribution in [3.05, 3.63) is 29.1 Å². The summed E-state index contributed by atoms with van der Waals surface area (Å²) in [5, 5.41) is 0. The molecule has 0 bridgehead atoms. The first-order valence-electron chi connectivity index (χ1n) is 7.49. The molecule has 0 aliphatic carbocycles. The third-order valence-electron chi connectivity index (χ3n) is 3.40. The first-order chi connectivity index (χ1) is 9.99. The van der Waals surface area contributed by atoms with Gasteiger partial charge in [0.25, 0.3) is 0 Å². The van der Waals surface area contributed by atoms with Crippen molar-refractivity contribution in [3.63, 3.8) is 0 Å². The van der Waals surface area contributed by atoms with Gasteiger partial charge < -0.3 is 9.47 Å². The SMILES string of the molecule is CCOC(=O)CCc1ccc(OC)c(F)c1CCC(C)C. The predicted octanol–water partition coefficient (Wildman–Crippen LogP) is 3.92. The van der Waals surface area contributed by atoms with Crippen LogP contribution >= 0.6 is 0 Å². The molecule has 1 aromatic carbocycles. The fourth-order valence-electron chi connectivity index (χ4n) is 2.20. The number of halogens is 1. The molecule has 0 radical (unpaired) electrons. The monoisotopic (exact) mass is 296 g/mol. The number of esters is 1.